The lowest BCUT2D eigenvalue weighted by Gasteiger charge is -2.20. The lowest BCUT2D eigenvalue weighted by molar-refractivity contribution is 0.121. The summed E-state index contributed by atoms with van der Waals surface area (Å²) in [7, 11) is 3.60. The van der Waals surface area contributed by atoms with E-state index in [2.05, 4.69) is 16.5 Å². The molecule has 1 aromatic rings. The van der Waals surface area contributed by atoms with Gasteiger partial charge in [0.25, 0.3) is 0 Å². The quantitative estimate of drug-likeness (QED) is 0.790. The summed E-state index contributed by atoms with van der Waals surface area (Å²) in [6, 6.07) is 0. The van der Waals surface area contributed by atoms with E-state index in [1.165, 1.54) is 0 Å². The van der Waals surface area contributed by atoms with Crippen LogP contribution in [0.5, 0.6) is 0 Å². The number of aromatic nitrogens is 2. The SMILES string of the molecule is COC1C=C(c2cnn(C)c2)C=C(C)N1. The van der Waals surface area contributed by atoms with Crippen LogP contribution in [0.1, 0.15) is 12.5 Å². The van der Waals surface area contributed by atoms with Crippen LogP contribution in [0.15, 0.2) is 30.2 Å². The zero-order valence-electron chi connectivity index (χ0n) is 9.19. The summed E-state index contributed by atoms with van der Waals surface area (Å²) in [5.41, 5.74) is 3.36. The van der Waals surface area contributed by atoms with Crippen molar-refractivity contribution < 1.29 is 4.74 Å². The number of methoxy groups -OCH3 is 1. The van der Waals surface area contributed by atoms with Crippen molar-refractivity contribution in [1.82, 2.24) is 15.1 Å². The summed E-state index contributed by atoms with van der Waals surface area (Å²) in [6.07, 6.45) is 7.93. The predicted octanol–water partition coefficient (Wildman–Crippen LogP) is 1.28. The Bertz CT molecular complexity index is 417. The Balaban J connectivity index is 2.31. The topological polar surface area (TPSA) is 39.1 Å². The molecule has 15 heavy (non-hydrogen) atoms. The van der Waals surface area contributed by atoms with Crippen LogP contribution < -0.4 is 5.32 Å². The van der Waals surface area contributed by atoms with Gasteiger partial charge in [0, 0.05) is 31.6 Å². The van der Waals surface area contributed by atoms with Gasteiger partial charge in [-0.2, -0.15) is 5.10 Å². The fraction of sp³-hybridized carbons (Fsp3) is 0.364. The Kier molecular flexibility index (Phi) is 2.60. The highest BCUT2D eigenvalue weighted by atomic mass is 16.5. The van der Waals surface area contributed by atoms with Crippen molar-refractivity contribution in [2.24, 2.45) is 7.05 Å². The highest BCUT2D eigenvalue weighted by molar-refractivity contribution is 5.75. The Labute approximate surface area is 89.2 Å². The second-order valence-corrected chi connectivity index (χ2v) is 3.65. The van der Waals surface area contributed by atoms with Crippen molar-refractivity contribution in [3.63, 3.8) is 0 Å². The number of hydrogen-bond donors (Lipinski definition) is 1. The third-order valence-corrected chi connectivity index (χ3v) is 2.37. The van der Waals surface area contributed by atoms with Crippen LogP contribution in [0.25, 0.3) is 5.57 Å². The van der Waals surface area contributed by atoms with Crippen LogP contribution >= 0.6 is 0 Å². The highest BCUT2D eigenvalue weighted by Crippen LogP contribution is 2.20. The minimum atomic E-state index is -0.0507. The molecule has 1 N–H and O–H groups in total. The number of ether oxygens (including phenoxy) is 1. The van der Waals surface area contributed by atoms with Crippen molar-refractivity contribution >= 4 is 5.57 Å². The number of nitrogens with zero attached hydrogens (tertiary/aromatic N) is 2. The van der Waals surface area contributed by atoms with Crippen molar-refractivity contribution in [1.29, 1.82) is 0 Å². The molecular formula is C11H15N3O. The molecule has 4 nitrogen and oxygen atoms in total. The van der Waals surface area contributed by atoms with Crippen molar-refractivity contribution in [3.8, 4) is 0 Å². The van der Waals surface area contributed by atoms with Crippen LogP contribution in [0.4, 0.5) is 0 Å². The largest absolute Gasteiger partial charge is 0.360 e. The van der Waals surface area contributed by atoms with Crippen molar-refractivity contribution in [2.45, 2.75) is 13.2 Å². The lowest BCUT2D eigenvalue weighted by atomic mass is 10.1. The molecule has 0 spiro atoms. The van der Waals surface area contributed by atoms with E-state index in [0.717, 1.165) is 16.8 Å². The third kappa shape index (κ3) is 2.10. The van der Waals surface area contributed by atoms with Gasteiger partial charge < -0.3 is 10.1 Å². The minimum absolute atomic E-state index is 0.0507. The maximum absolute atomic E-state index is 5.26. The van der Waals surface area contributed by atoms with Gasteiger partial charge in [-0.15, -0.1) is 0 Å². The molecule has 4 heteroatoms. The average molecular weight is 205 g/mol. The summed E-state index contributed by atoms with van der Waals surface area (Å²) < 4.78 is 7.06. The van der Waals surface area contributed by atoms with Crippen LogP contribution in [0.2, 0.25) is 0 Å². The molecule has 0 amide bonds. The number of aryl methyl sites for hydroxylation is 1. The van der Waals surface area contributed by atoms with Crippen LogP contribution in [0, 0.1) is 0 Å². The molecule has 0 aromatic carbocycles. The number of dihydropyridines is 1. The first-order valence-electron chi connectivity index (χ1n) is 4.87. The molecule has 0 saturated carbocycles. The molecule has 0 fully saturated rings. The number of rotatable bonds is 2. The monoisotopic (exact) mass is 205 g/mol. The van der Waals surface area contributed by atoms with Gasteiger partial charge in [-0.3, -0.25) is 4.68 Å². The Hall–Kier alpha value is -1.55. The molecule has 0 bridgehead atoms. The Morgan fingerprint density at radius 2 is 2.33 bits per heavy atom. The van der Waals surface area contributed by atoms with E-state index < -0.39 is 0 Å². The Morgan fingerprint density at radius 3 is 2.93 bits per heavy atom. The summed E-state index contributed by atoms with van der Waals surface area (Å²) in [6.45, 7) is 2.02. The Morgan fingerprint density at radius 1 is 1.53 bits per heavy atom. The second kappa shape index (κ2) is 3.90. The van der Waals surface area contributed by atoms with Gasteiger partial charge in [0.15, 0.2) is 0 Å². The highest BCUT2D eigenvalue weighted by Gasteiger charge is 2.12. The van der Waals surface area contributed by atoms with E-state index in [-0.39, 0.29) is 6.23 Å². The first-order valence-corrected chi connectivity index (χ1v) is 4.87. The minimum Gasteiger partial charge on any atom is -0.360 e. The zero-order valence-corrected chi connectivity index (χ0v) is 9.19. The molecule has 0 aliphatic carbocycles. The molecule has 1 aromatic heterocycles. The molecule has 1 aliphatic heterocycles. The van der Waals surface area contributed by atoms with E-state index in [1.807, 2.05) is 32.4 Å². The second-order valence-electron chi connectivity index (χ2n) is 3.65. The van der Waals surface area contributed by atoms with Gasteiger partial charge in [-0.25, -0.2) is 0 Å². The molecule has 80 valence electrons. The van der Waals surface area contributed by atoms with E-state index in [9.17, 15) is 0 Å². The van der Waals surface area contributed by atoms with Crippen LogP contribution in [0.3, 0.4) is 0 Å². The third-order valence-electron chi connectivity index (χ3n) is 2.37. The maximum atomic E-state index is 5.26. The smallest absolute Gasteiger partial charge is 0.147 e. The normalized spacial score (nSPS) is 20.6. The standard InChI is InChI=1S/C11H15N3O/c1-8-4-9(5-11(13-8)15-3)10-6-12-14(2)7-10/h4-7,11,13H,1-3H3. The first kappa shape index (κ1) is 9.98. The number of nitrogens with one attached hydrogen (secondary N) is 1. The van der Waals surface area contributed by atoms with Gasteiger partial charge >= 0.3 is 0 Å². The summed E-state index contributed by atoms with van der Waals surface area (Å²) in [5, 5.41) is 7.36. The fourth-order valence-corrected chi connectivity index (χ4v) is 1.63. The molecule has 2 rings (SSSR count). The fourth-order valence-electron chi connectivity index (χ4n) is 1.63. The molecule has 1 unspecified atom stereocenters. The molecular weight excluding hydrogens is 190 g/mol. The summed E-state index contributed by atoms with van der Waals surface area (Å²) >= 11 is 0. The molecule has 0 radical (unpaired) electrons. The average Bonchev–Trinajstić information content (AvgIpc) is 2.64. The van der Waals surface area contributed by atoms with Crippen molar-refractivity contribution in [2.75, 3.05) is 7.11 Å². The molecule has 1 atom stereocenters. The van der Waals surface area contributed by atoms with E-state index in [1.54, 1.807) is 11.8 Å². The molecule has 1 aliphatic rings. The van der Waals surface area contributed by atoms with Crippen LogP contribution in [-0.4, -0.2) is 23.1 Å². The van der Waals surface area contributed by atoms with E-state index in [0.29, 0.717) is 0 Å². The van der Waals surface area contributed by atoms with E-state index >= 15 is 0 Å². The van der Waals surface area contributed by atoms with Gasteiger partial charge in [0.2, 0.25) is 0 Å². The summed E-state index contributed by atoms with van der Waals surface area (Å²) in [4.78, 5) is 0. The van der Waals surface area contributed by atoms with Gasteiger partial charge in [-0.1, -0.05) is 0 Å². The lowest BCUT2D eigenvalue weighted by Crippen LogP contribution is -2.29. The number of allylic oxidation sites excluding steroid dienone is 3. The molecule has 0 saturated heterocycles. The van der Waals surface area contributed by atoms with Gasteiger partial charge in [0.1, 0.15) is 6.23 Å². The van der Waals surface area contributed by atoms with Crippen LogP contribution in [-0.2, 0) is 11.8 Å². The van der Waals surface area contributed by atoms with E-state index in [4.69, 9.17) is 4.74 Å². The van der Waals surface area contributed by atoms with Gasteiger partial charge in [0.05, 0.1) is 6.20 Å². The molecule has 2 heterocycles. The maximum Gasteiger partial charge on any atom is 0.147 e. The summed E-state index contributed by atoms with van der Waals surface area (Å²) in [5.74, 6) is 0. The number of hydrogen-bond acceptors (Lipinski definition) is 3. The predicted molar refractivity (Wildman–Crippen MR) is 58.9 cm³/mol. The first-order chi connectivity index (χ1) is 7.19. The zero-order chi connectivity index (χ0) is 10.8. The van der Waals surface area contributed by atoms with Gasteiger partial charge in [-0.05, 0) is 24.6 Å². The van der Waals surface area contributed by atoms with Crippen molar-refractivity contribution in [3.05, 3.63) is 35.8 Å².